The average molecular weight is 329 g/mol. The molecule has 1 aromatic carbocycles. The Morgan fingerprint density at radius 1 is 1.42 bits per heavy atom. The van der Waals surface area contributed by atoms with E-state index in [0.717, 1.165) is 24.2 Å². The molecule has 0 aliphatic carbocycles. The van der Waals surface area contributed by atoms with Gasteiger partial charge in [0.2, 0.25) is 5.91 Å². The van der Waals surface area contributed by atoms with Gasteiger partial charge in [-0.2, -0.15) is 5.10 Å². The van der Waals surface area contributed by atoms with Crippen LogP contribution in [0.5, 0.6) is 0 Å². The number of amides is 1. The van der Waals surface area contributed by atoms with Gasteiger partial charge in [-0.1, -0.05) is 18.2 Å². The lowest BCUT2D eigenvalue weighted by molar-refractivity contribution is -0.125. The van der Waals surface area contributed by atoms with Crippen LogP contribution in [0.2, 0.25) is 0 Å². The van der Waals surface area contributed by atoms with E-state index in [4.69, 9.17) is 10.5 Å². The number of nitrogens with one attached hydrogen (secondary N) is 2. The van der Waals surface area contributed by atoms with Crippen LogP contribution < -0.4 is 16.4 Å². The molecule has 0 spiro atoms. The van der Waals surface area contributed by atoms with Gasteiger partial charge in [-0.3, -0.25) is 4.79 Å². The summed E-state index contributed by atoms with van der Waals surface area (Å²) in [6.07, 6.45) is 1.57. The standard InChI is InChI=1S/C17H23N5O2/c18-16-11-13(21-22(16)14-6-2-1-3-7-14)5-4-8-20-17(23)15-12-24-10-9-19-15/h1-3,6-7,11,15,19H,4-5,8-10,12,18H2,(H,20,23). The topological polar surface area (TPSA) is 94.2 Å². The Hall–Kier alpha value is -2.38. The molecule has 2 heterocycles. The zero-order chi connectivity index (χ0) is 16.8. The number of para-hydroxylation sites is 1. The van der Waals surface area contributed by atoms with Crippen LogP contribution >= 0.6 is 0 Å². The normalized spacial score (nSPS) is 17.6. The minimum Gasteiger partial charge on any atom is -0.384 e. The fourth-order valence-electron chi connectivity index (χ4n) is 2.68. The number of rotatable bonds is 6. The molecule has 1 aliphatic heterocycles. The van der Waals surface area contributed by atoms with Crippen molar-refractivity contribution >= 4 is 11.7 Å². The van der Waals surface area contributed by atoms with Crippen LogP contribution in [-0.4, -0.2) is 48.0 Å². The van der Waals surface area contributed by atoms with Gasteiger partial charge in [0.15, 0.2) is 0 Å². The number of nitrogen functional groups attached to an aromatic ring is 1. The molecular formula is C17H23N5O2. The number of hydrogen-bond donors (Lipinski definition) is 3. The van der Waals surface area contributed by atoms with Crippen LogP contribution in [0.3, 0.4) is 0 Å². The number of anilines is 1. The molecule has 4 N–H and O–H groups in total. The molecular weight excluding hydrogens is 306 g/mol. The SMILES string of the molecule is Nc1cc(CCCNC(=O)C2COCCN2)nn1-c1ccccc1. The largest absolute Gasteiger partial charge is 0.384 e. The molecule has 7 nitrogen and oxygen atoms in total. The Bertz CT molecular complexity index is 665. The van der Waals surface area contributed by atoms with Crippen molar-refractivity contribution in [1.82, 2.24) is 20.4 Å². The van der Waals surface area contributed by atoms with E-state index in [1.165, 1.54) is 0 Å². The molecule has 1 aliphatic rings. The number of carbonyl (C=O) groups is 1. The molecule has 1 atom stereocenters. The summed E-state index contributed by atoms with van der Waals surface area (Å²) in [5, 5.41) is 10.6. The summed E-state index contributed by atoms with van der Waals surface area (Å²) in [4.78, 5) is 12.0. The molecule has 7 heteroatoms. The smallest absolute Gasteiger partial charge is 0.239 e. The van der Waals surface area contributed by atoms with Crippen molar-refractivity contribution in [3.8, 4) is 5.69 Å². The Kier molecular flexibility index (Phi) is 5.45. The number of aromatic nitrogens is 2. The van der Waals surface area contributed by atoms with Crippen LogP contribution in [-0.2, 0) is 16.0 Å². The monoisotopic (exact) mass is 329 g/mol. The summed E-state index contributed by atoms with van der Waals surface area (Å²) in [7, 11) is 0. The van der Waals surface area contributed by atoms with E-state index in [1.54, 1.807) is 4.68 Å². The zero-order valence-electron chi connectivity index (χ0n) is 13.6. The molecule has 1 aromatic heterocycles. The lowest BCUT2D eigenvalue weighted by Crippen LogP contribution is -2.51. The average Bonchev–Trinajstić information content (AvgIpc) is 3.01. The van der Waals surface area contributed by atoms with Crippen molar-refractivity contribution in [2.75, 3.05) is 32.0 Å². The van der Waals surface area contributed by atoms with Gasteiger partial charge in [-0.15, -0.1) is 0 Å². The third kappa shape index (κ3) is 4.12. The molecule has 128 valence electrons. The van der Waals surface area contributed by atoms with Crippen molar-refractivity contribution in [3.05, 3.63) is 42.1 Å². The highest BCUT2D eigenvalue weighted by Crippen LogP contribution is 2.14. The fourth-order valence-corrected chi connectivity index (χ4v) is 2.68. The summed E-state index contributed by atoms with van der Waals surface area (Å²) < 4.78 is 7.02. The van der Waals surface area contributed by atoms with Crippen molar-refractivity contribution < 1.29 is 9.53 Å². The van der Waals surface area contributed by atoms with Gasteiger partial charge in [0.05, 0.1) is 24.6 Å². The Labute approximate surface area is 141 Å². The second-order valence-electron chi connectivity index (χ2n) is 5.78. The second-order valence-corrected chi connectivity index (χ2v) is 5.78. The van der Waals surface area contributed by atoms with E-state index < -0.39 is 0 Å². The highest BCUT2D eigenvalue weighted by Gasteiger charge is 2.20. The summed E-state index contributed by atoms with van der Waals surface area (Å²) in [5.41, 5.74) is 7.90. The number of nitrogens with zero attached hydrogens (tertiary/aromatic N) is 2. The fraction of sp³-hybridized carbons (Fsp3) is 0.412. The summed E-state index contributed by atoms with van der Waals surface area (Å²) in [6.45, 7) is 2.42. The molecule has 24 heavy (non-hydrogen) atoms. The number of ether oxygens (including phenoxy) is 1. The molecule has 1 unspecified atom stereocenters. The van der Waals surface area contributed by atoms with Crippen LogP contribution in [0.1, 0.15) is 12.1 Å². The van der Waals surface area contributed by atoms with Crippen molar-refractivity contribution in [2.45, 2.75) is 18.9 Å². The number of nitrogens with two attached hydrogens (primary N) is 1. The minimum atomic E-state index is -0.244. The van der Waals surface area contributed by atoms with Crippen LogP contribution in [0.25, 0.3) is 5.69 Å². The van der Waals surface area contributed by atoms with Crippen molar-refractivity contribution in [1.29, 1.82) is 0 Å². The lowest BCUT2D eigenvalue weighted by Gasteiger charge is -2.22. The van der Waals surface area contributed by atoms with E-state index in [0.29, 0.717) is 32.1 Å². The van der Waals surface area contributed by atoms with Gasteiger partial charge >= 0.3 is 0 Å². The highest BCUT2D eigenvalue weighted by molar-refractivity contribution is 5.81. The quantitative estimate of drug-likeness (QED) is 0.671. The molecule has 1 fully saturated rings. The summed E-state index contributed by atoms with van der Waals surface area (Å²) in [6, 6.07) is 11.4. The number of hydrogen-bond acceptors (Lipinski definition) is 5. The van der Waals surface area contributed by atoms with Gasteiger partial charge in [0, 0.05) is 19.2 Å². The predicted octanol–water partition coefficient (Wildman–Crippen LogP) is 0.492. The minimum absolute atomic E-state index is 0.0102. The summed E-state index contributed by atoms with van der Waals surface area (Å²) in [5.74, 6) is 0.604. The maximum absolute atomic E-state index is 12.0. The first kappa shape index (κ1) is 16.5. The zero-order valence-corrected chi connectivity index (χ0v) is 13.6. The van der Waals surface area contributed by atoms with Crippen molar-refractivity contribution in [2.24, 2.45) is 0 Å². The first-order valence-corrected chi connectivity index (χ1v) is 8.23. The maximum atomic E-state index is 12.0. The first-order chi connectivity index (χ1) is 11.7. The Morgan fingerprint density at radius 2 is 2.25 bits per heavy atom. The van der Waals surface area contributed by atoms with Crippen molar-refractivity contribution in [3.63, 3.8) is 0 Å². The first-order valence-electron chi connectivity index (χ1n) is 8.23. The van der Waals surface area contributed by atoms with Gasteiger partial charge in [-0.05, 0) is 25.0 Å². The molecule has 1 saturated heterocycles. The van der Waals surface area contributed by atoms with Crippen LogP contribution in [0.15, 0.2) is 36.4 Å². The molecule has 1 amide bonds. The van der Waals surface area contributed by atoms with Crippen LogP contribution in [0.4, 0.5) is 5.82 Å². The van der Waals surface area contributed by atoms with E-state index >= 15 is 0 Å². The van der Waals surface area contributed by atoms with Gasteiger partial charge < -0.3 is 21.1 Å². The Balaban J connectivity index is 1.46. The maximum Gasteiger partial charge on any atom is 0.239 e. The third-order valence-electron chi connectivity index (χ3n) is 3.94. The molecule has 3 rings (SSSR count). The molecule has 2 aromatic rings. The van der Waals surface area contributed by atoms with E-state index in [2.05, 4.69) is 15.7 Å². The van der Waals surface area contributed by atoms with Gasteiger partial charge in [-0.25, -0.2) is 4.68 Å². The number of benzene rings is 1. The molecule has 0 radical (unpaired) electrons. The Morgan fingerprint density at radius 3 is 3.00 bits per heavy atom. The number of morpholine rings is 1. The molecule has 0 bridgehead atoms. The molecule has 0 saturated carbocycles. The predicted molar refractivity (Wildman–Crippen MR) is 91.9 cm³/mol. The van der Waals surface area contributed by atoms with E-state index in [9.17, 15) is 4.79 Å². The van der Waals surface area contributed by atoms with Gasteiger partial charge in [0.25, 0.3) is 0 Å². The highest BCUT2D eigenvalue weighted by atomic mass is 16.5. The lowest BCUT2D eigenvalue weighted by atomic mass is 10.2. The summed E-state index contributed by atoms with van der Waals surface area (Å²) >= 11 is 0. The third-order valence-corrected chi connectivity index (χ3v) is 3.94. The second kappa shape index (κ2) is 7.94. The number of aryl methyl sites for hydroxylation is 1. The van der Waals surface area contributed by atoms with Crippen LogP contribution in [0, 0.1) is 0 Å². The van der Waals surface area contributed by atoms with Gasteiger partial charge in [0.1, 0.15) is 11.9 Å². The number of carbonyl (C=O) groups excluding carboxylic acids is 1. The van der Waals surface area contributed by atoms with E-state index in [-0.39, 0.29) is 11.9 Å². The van der Waals surface area contributed by atoms with E-state index in [1.807, 2.05) is 36.4 Å².